The molecule has 594 valence electrons. The van der Waals surface area contributed by atoms with Gasteiger partial charge < -0.3 is 123 Å². The number of hydrogen-bond donors (Lipinski definition) is 23. The number of amides is 14. The Hall–Kier alpha value is -10.4. The largest absolute Gasteiger partial charge is 0.481 e. The molecule has 0 bridgehead atoms. The lowest BCUT2D eigenvalue weighted by molar-refractivity contribution is -0.148. The van der Waals surface area contributed by atoms with Gasteiger partial charge in [0.2, 0.25) is 82.7 Å². The molecule has 0 spiro atoms. The van der Waals surface area contributed by atoms with Gasteiger partial charge in [-0.25, -0.2) is 4.79 Å². The van der Waals surface area contributed by atoms with Gasteiger partial charge in [-0.2, -0.15) is 0 Å². The van der Waals surface area contributed by atoms with Gasteiger partial charge in [0.15, 0.2) is 5.96 Å². The summed E-state index contributed by atoms with van der Waals surface area (Å²) in [6.45, 7) is 15.8. The molecular formula is C63H108N18O24. The number of carbonyl (C=O) groups is 18. The van der Waals surface area contributed by atoms with Crippen molar-refractivity contribution in [3.63, 3.8) is 0 Å². The van der Waals surface area contributed by atoms with Crippen LogP contribution in [0.15, 0.2) is 4.99 Å². The lowest BCUT2D eigenvalue weighted by Crippen LogP contribution is -2.62. The number of nitrogens with one attached hydrogen (secondary N) is 12. The number of carbonyl (C=O) groups excluding carboxylic acids is 14. The van der Waals surface area contributed by atoms with Gasteiger partial charge in [0, 0.05) is 25.8 Å². The predicted octanol–water partition coefficient (Wildman–Crippen LogP) is -7.81. The highest BCUT2D eigenvalue weighted by atomic mass is 16.4. The second kappa shape index (κ2) is 47.1. The molecule has 0 unspecified atom stereocenters. The Morgan fingerprint density at radius 1 is 0.362 bits per heavy atom. The van der Waals surface area contributed by atoms with Gasteiger partial charge in [0.05, 0.1) is 31.1 Å². The summed E-state index contributed by atoms with van der Waals surface area (Å²) in [6.07, 6.45) is -9.05. The molecule has 16 atom stereocenters. The van der Waals surface area contributed by atoms with Crippen LogP contribution in [0.1, 0.15) is 160 Å². The van der Waals surface area contributed by atoms with E-state index in [0.717, 1.165) is 20.8 Å². The molecule has 0 aromatic rings. The molecule has 105 heavy (non-hydrogen) atoms. The van der Waals surface area contributed by atoms with Crippen LogP contribution < -0.4 is 92.5 Å². The summed E-state index contributed by atoms with van der Waals surface area (Å²) >= 11 is 0. The quantitative estimate of drug-likeness (QED) is 0.0153. The molecular weight excluding hydrogens is 1390 g/mol. The summed E-state index contributed by atoms with van der Waals surface area (Å²) in [5.74, 6) is -24.4. The number of carboxylic acid groups (broad SMARTS) is 4. The Morgan fingerprint density at radius 3 is 1.13 bits per heavy atom. The third kappa shape index (κ3) is 37.1. The molecule has 0 saturated heterocycles. The minimum atomic E-state index is -1.99. The normalized spacial score (nSPS) is 15.7. The molecule has 42 heteroatoms. The first-order valence-electron chi connectivity index (χ1n) is 33.9. The highest BCUT2D eigenvalue weighted by Gasteiger charge is 2.40. The third-order valence-electron chi connectivity index (χ3n) is 15.8. The van der Waals surface area contributed by atoms with Crippen LogP contribution in [0.25, 0.3) is 0 Å². The number of aliphatic hydroxyl groups excluding tert-OH is 2. The minimum absolute atomic E-state index is 0.0178. The number of aliphatic imine (C=N–C) groups is 1. The lowest BCUT2D eigenvalue weighted by Gasteiger charge is -2.30. The second-order valence-electron chi connectivity index (χ2n) is 26.5. The number of nitrogens with zero attached hydrogens (tertiary/aromatic N) is 1. The van der Waals surface area contributed by atoms with Gasteiger partial charge in [0.25, 0.3) is 0 Å². The Bertz CT molecular complexity index is 3090. The molecule has 42 nitrogen and oxygen atoms in total. The Kier molecular flexibility index (Phi) is 42.4. The van der Waals surface area contributed by atoms with Gasteiger partial charge in [-0.1, -0.05) is 61.8 Å². The van der Waals surface area contributed by atoms with E-state index < -0.39 is 260 Å². The van der Waals surface area contributed by atoms with Gasteiger partial charge in [-0.3, -0.25) is 86.5 Å². The number of aliphatic hydroxyl groups is 2. The first-order valence-corrected chi connectivity index (χ1v) is 33.9. The fourth-order valence-electron chi connectivity index (χ4n) is 9.80. The molecule has 0 aliphatic heterocycles. The van der Waals surface area contributed by atoms with Crippen LogP contribution >= 0.6 is 0 Å². The molecule has 0 aliphatic rings. The fourth-order valence-corrected chi connectivity index (χ4v) is 9.80. The fraction of sp³-hybridized carbons (Fsp3) is 0.698. The van der Waals surface area contributed by atoms with Crippen molar-refractivity contribution in [3.8, 4) is 0 Å². The third-order valence-corrected chi connectivity index (χ3v) is 15.8. The SMILES string of the molecule is CC[C@H](C)[C@H](NC(=O)[C@H](CC(N)=O)NC(=O)[C@@H](NC(=O)[C@H](C)NC(=O)[C@H](CCC(=O)O)NC(=O)[C@H](CC(C)C)NC(=O)[C@H](CCC(N)=O)NC(=O)[C@H](CC(C)C)NC(=O)[C@H](CCCN=C(N)N)NC(=O)[C@@H](NC(=O)[C@@H](N)CCC(=O)O)[C@@H](C)O)C(C)C)C(=O)N[C@H](C(=O)N[C@@H](CC(=O)O)C(=O)O)[C@@H](C)O. The van der Waals surface area contributed by atoms with Crippen molar-refractivity contribution < 1.29 is 117 Å². The molecule has 0 rings (SSSR count). The van der Waals surface area contributed by atoms with Crippen molar-refractivity contribution in [1.29, 1.82) is 0 Å². The summed E-state index contributed by atoms with van der Waals surface area (Å²) in [6, 6.07) is -22.0. The van der Waals surface area contributed by atoms with Crippen LogP contribution in [0, 0.1) is 23.7 Å². The number of hydrogen-bond acceptors (Lipinski definition) is 22. The Labute approximate surface area is 605 Å². The lowest BCUT2D eigenvalue weighted by atomic mass is 9.96. The van der Waals surface area contributed by atoms with Crippen molar-refractivity contribution in [3.05, 3.63) is 0 Å². The summed E-state index contributed by atoms with van der Waals surface area (Å²) in [5, 5.41) is 86.2. The maximum atomic E-state index is 14.4. The number of rotatable bonds is 51. The topological polar surface area (TPSA) is 715 Å². The molecule has 0 aliphatic carbocycles. The summed E-state index contributed by atoms with van der Waals surface area (Å²) in [4.78, 5) is 241. The molecule has 0 saturated carbocycles. The van der Waals surface area contributed by atoms with Crippen molar-refractivity contribution in [2.24, 2.45) is 57.3 Å². The standard InChI is InChI=1S/C63H108N18O24/c1-12-29(8)47(59(101)81-49(32(11)83)61(103)77-40(62(104)105)25-45(90)91)79-57(99)39(24-42(66)85)76-58(100)46(28(6)7)78-50(92)30(9)70-52(94)36(17-20-44(88)89)72-56(98)38(23-27(4)5)75-54(96)35(16-18-41(65)84)71-55(97)37(22-26(2)3)74-53(95)34(14-13-21-69-63(67)68)73-60(102)48(31(10)82)80-51(93)33(64)15-19-43(86)87/h26-40,46-49,82-83H,12-25,64H2,1-11H3,(H2,65,84)(H2,66,85)(H,70,94)(H,71,97)(H,72,98)(H,73,102)(H,74,95)(H,75,96)(H,76,100)(H,77,103)(H,78,92)(H,79,99)(H,80,93)(H,81,101)(H,86,87)(H,88,89)(H,90,91)(H,104,105)(H4,67,68,69)/t29-,30-,31+,32+,33-,34-,35-,36-,37-,38-,39-,40-,46-,47-,48-,49-/m0/s1. The summed E-state index contributed by atoms with van der Waals surface area (Å²) in [5.41, 5.74) is 27.6. The average Bonchev–Trinajstić information content (AvgIpc) is 0.849. The smallest absolute Gasteiger partial charge is 0.326 e. The van der Waals surface area contributed by atoms with E-state index in [-0.39, 0.29) is 56.9 Å². The zero-order valence-electron chi connectivity index (χ0n) is 60.7. The molecule has 14 amide bonds. The number of carboxylic acids is 4. The van der Waals surface area contributed by atoms with Gasteiger partial charge >= 0.3 is 23.9 Å². The first kappa shape index (κ1) is 94.6. The number of guanidine groups is 1. The molecule has 0 aromatic carbocycles. The molecule has 0 radical (unpaired) electrons. The molecule has 28 N–H and O–H groups in total. The minimum Gasteiger partial charge on any atom is -0.481 e. The Balaban J connectivity index is 6.98. The van der Waals surface area contributed by atoms with Crippen molar-refractivity contribution in [1.82, 2.24) is 63.8 Å². The van der Waals surface area contributed by atoms with E-state index in [9.17, 15) is 107 Å². The van der Waals surface area contributed by atoms with Gasteiger partial charge in [-0.05, 0) is 89.4 Å². The van der Waals surface area contributed by atoms with Crippen LogP contribution in [0.5, 0.6) is 0 Å². The maximum Gasteiger partial charge on any atom is 0.326 e. The Morgan fingerprint density at radius 2 is 0.724 bits per heavy atom. The summed E-state index contributed by atoms with van der Waals surface area (Å²) < 4.78 is 0. The van der Waals surface area contributed by atoms with E-state index in [1.54, 1.807) is 34.6 Å². The van der Waals surface area contributed by atoms with Crippen LogP contribution in [-0.4, -0.2) is 240 Å². The van der Waals surface area contributed by atoms with Gasteiger partial charge in [0.1, 0.15) is 72.5 Å². The highest BCUT2D eigenvalue weighted by molar-refractivity contribution is 6.01. The maximum absolute atomic E-state index is 14.4. The van der Waals surface area contributed by atoms with E-state index in [2.05, 4.69) is 63.5 Å². The van der Waals surface area contributed by atoms with E-state index in [1.165, 1.54) is 20.8 Å². The van der Waals surface area contributed by atoms with Crippen molar-refractivity contribution in [2.75, 3.05) is 6.54 Å². The number of primary amides is 2. The monoisotopic (exact) mass is 1500 g/mol. The number of aliphatic carboxylic acids is 4. The molecule has 0 fully saturated rings. The van der Waals surface area contributed by atoms with E-state index in [4.69, 9.17) is 38.9 Å². The van der Waals surface area contributed by atoms with Crippen molar-refractivity contribution in [2.45, 2.75) is 250 Å². The first-order chi connectivity index (χ1) is 48.6. The van der Waals surface area contributed by atoms with E-state index >= 15 is 0 Å². The highest BCUT2D eigenvalue weighted by Crippen LogP contribution is 2.15. The molecule has 0 aromatic heterocycles. The molecule has 0 heterocycles. The zero-order valence-corrected chi connectivity index (χ0v) is 60.7. The second-order valence-corrected chi connectivity index (χ2v) is 26.5. The van der Waals surface area contributed by atoms with E-state index in [0.29, 0.717) is 0 Å². The summed E-state index contributed by atoms with van der Waals surface area (Å²) in [7, 11) is 0. The van der Waals surface area contributed by atoms with Crippen LogP contribution in [0.3, 0.4) is 0 Å². The predicted molar refractivity (Wildman–Crippen MR) is 369 cm³/mol. The average molecular weight is 1500 g/mol. The van der Waals surface area contributed by atoms with Crippen LogP contribution in [0.2, 0.25) is 0 Å². The van der Waals surface area contributed by atoms with Crippen molar-refractivity contribution >= 4 is 113 Å². The van der Waals surface area contributed by atoms with Crippen LogP contribution in [-0.2, 0) is 86.3 Å². The van der Waals surface area contributed by atoms with E-state index in [1.807, 2.05) is 5.32 Å². The number of nitrogens with two attached hydrogens (primary N) is 5. The van der Waals surface area contributed by atoms with Gasteiger partial charge in [-0.15, -0.1) is 0 Å². The van der Waals surface area contributed by atoms with Crippen LogP contribution in [0.4, 0.5) is 0 Å². The zero-order chi connectivity index (χ0) is 81.0.